The van der Waals surface area contributed by atoms with E-state index in [-0.39, 0.29) is 5.57 Å². The largest absolute Gasteiger partial charge is 0.492 e. The molecule has 0 bridgehead atoms. The van der Waals surface area contributed by atoms with E-state index in [4.69, 9.17) is 16.1 Å². The highest BCUT2D eigenvalue weighted by molar-refractivity contribution is 8.18. The van der Waals surface area contributed by atoms with Crippen molar-refractivity contribution in [3.63, 3.8) is 0 Å². The molecule has 3 aromatic heterocycles. The van der Waals surface area contributed by atoms with Crippen molar-refractivity contribution < 1.29 is 19.4 Å². The highest BCUT2D eigenvalue weighted by Crippen LogP contribution is 2.58. The van der Waals surface area contributed by atoms with E-state index >= 15 is 0 Å². The molecule has 386 valence electrons. The number of aromatic nitrogens is 1. The van der Waals surface area contributed by atoms with Crippen LogP contribution in [0.15, 0.2) is 107 Å². The summed E-state index contributed by atoms with van der Waals surface area (Å²) in [5.74, 6) is 0.520. The SMILES string of the molecule is C=C1SC(c2cc(OCCCCCC)c(/C(=C/COCCCCCC)SCc3ccc(-n4c5ccccc5c5ccccc54)cc3)s2)=C(CCCCCC)Sc2c1sc(/C=C(\C#N)C(=O)O)c2CCCCCC. The van der Waals surface area contributed by atoms with Crippen molar-refractivity contribution in [2.24, 2.45) is 0 Å². The normalized spacial score (nSPS) is 13.3. The maximum Gasteiger partial charge on any atom is 0.346 e. The predicted molar refractivity (Wildman–Crippen MR) is 321 cm³/mol. The highest BCUT2D eigenvalue weighted by Gasteiger charge is 2.29. The number of fused-ring (bicyclic) bond motifs is 4. The molecule has 0 fully saturated rings. The summed E-state index contributed by atoms with van der Waals surface area (Å²) in [5, 5.41) is 22.3. The van der Waals surface area contributed by atoms with E-state index in [0.29, 0.717) is 13.2 Å². The predicted octanol–water partition coefficient (Wildman–Crippen LogP) is 20.0. The van der Waals surface area contributed by atoms with Gasteiger partial charge in [0, 0.05) is 69.2 Å². The molecule has 0 aliphatic carbocycles. The van der Waals surface area contributed by atoms with Crippen LogP contribution in [0.4, 0.5) is 0 Å². The molecular formula is C62H74N2O4S5. The lowest BCUT2D eigenvalue weighted by atomic mass is 10.1. The minimum atomic E-state index is -1.20. The molecule has 11 heteroatoms. The zero-order valence-corrected chi connectivity index (χ0v) is 47.6. The molecule has 0 unspecified atom stereocenters. The quantitative estimate of drug-likeness (QED) is 0.0262. The molecule has 1 N–H and O–H groups in total. The maximum atomic E-state index is 12.1. The van der Waals surface area contributed by atoms with Gasteiger partial charge in [0.05, 0.1) is 34.0 Å². The van der Waals surface area contributed by atoms with Gasteiger partial charge in [-0.25, -0.2) is 4.79 Å². The van der Waals surface area contributed by atoms with Crippen molar-refractivity contribution in [3.05, 3.63) is 133 Å². The number of carboxylic acid groups (broad SMARTS) is 1. The summed E-state index contributed by atoms with van der Waals surface area (Å²) < 4.78 is 15.6. The van der Waals surface area contributed by atoms with E-state index in [1.165, 1.54) is 90.4 Å². The van der Waals surface area contributed by atoms with Crippen molar-refractivity contribution in [1.82, 2.24) is 4.57 Å². The van der Waals surface area contributed by atoms with Crippen LogP contribution in [0.3, 0.4) is 0 Å². The van der Waals surface area contributed by atoms with E-state index < -0.39 is 5.97 Å². The molecule has 0 saturated heterocycles. The van der Waals surface area contributed by atoms with Crippen LogP contribution < -0.4 is 4.74 Å². The average Bonchev–Trinajstić information content (AvgIpc) is 4.06. The van der Waals surface area contributed by atoms with Crippen LogP contribution in [0.1, 0.15) is 167 Å². The molecule has 3 aromatic carbocycles. The number of thiophene rings is 2. The van der Waals surface area contributed by atoms with E-state index in [1.54, 1.807) is 29.2 Å². The van der Waals surface area contributed by atoms with Crippen LogP contribution >= 0.6 is 58.0 Å². The molecule has 4 heterocycles. The fourth-order valence-corrected chi connectivity index (χ4v) is 15.8. The molecule has 1 aliphatic rings. The maximum absolute atomic E-state index is 12.1. The van der Waals surface area contributed by atoms with E-state index in [0.717, 1.165) is 126 Å². The first-order valence-corrected chi connectivity index (χ1v) is 31.1. The lowest BCUT2D eigenvalue weighted by Crippen LogP contribution is -1.99. The van der Waals surface area contributed by atoms with Crippen LogP contribution in [0.5, 0.6) is 5.75 Å². The number of benzene rings is 3. The second-order valence-electron chi connectivity index (χ2n) is 18.8. The number of ether oxygens (including phenoxy) is 2. The number of hydrogen-bond acceptors (Lipinski definition) is 9. The Labute approximate surface area is 456 Å². The molecule has 0 saturated carbocycles. The first-order chi connectivity index (χ1) is 35.8. The van der Waals surface area contributed by atoms with Gasteiger partial charge < -0.3 is 19.1 Å². The van der Waals surface area contributed by atoms with Gasteiger partial charge >= 0.3 is 5.97 Å². The second-order valence-corrected chi connectivity index (χ2v) is 24.2. The summed E-state index contributed by atoms with van der Waals surface area (Å²) in [7, 11) is 0. The van der Waals surface area contributed by atoms with Crippen LogP contribution in [-0.4, -0.2) is 35.5 Å². The van der Waals surface area contributed by atoms with Gasteiger partial charge in [-0.05, 0) is 86.1 Å². The van der Waals surface area contributed by atoms with Gasteiger partial charge in [-0.3, -0.25) is 0 Å². The van der Waals surface area contributed by atoms with Crippen LogP contribution in [-0.2, 0) is 21.7 Å². The molecule has 0 amide bonds. The molecule has 73 heavy (non-hydrogen) atoms. The van der Waals surface area contributed by atoms with Crippen LogP contribution in [0.2, 0.25) is 0 Å². The number of thioether (sulfide) groups is 3. The lowest BCUT2D eigenvalue weighted by molar-refractivity contribution is -0.132. The molecule has 6 aromatic rings. The fraction of sp³-hybridized carbons (Fsp3) is 0.419. The second kappa shape index (κ2) is 29.6. The number of para-hydroxylation sites is 2. The van der Waals surface area contributed by atoms with E-state index in [1.807, 2.05) is 40.9 Å². The third-order valence-electron chi connectivity index (χ3n) is 13.2. The molecule has 0 atom stereocenters. The fourth-order valence-electron chi connectivity index (χ4n) is 9.22. The minimum absolute atomic E-state index is 0.237. The van der Waals surface area contributed by atoms with Crippen LogP contribution in [0, 0.1) is 11.3 Å². The Bertz CT molecular complexity index is 2860. The topological polar surface area (TPSA) is 84.5 Å². The van der Waals surface area contributed by atoms with Crippen molar-refractivity contribution >= 4 is 107 Å². The Morgan fingerprint density at radius 2 is 1.37 bits per heavy atom. The first-order valence-electron chi connectivity index (χ1n) is 26.8. The van der Waals surface area contributed by atoms with Crippen molar-refractivity contribution in [1.29, 1.82) is 5.26 Å². The number of allylic oxidation sites excluding steroid dienone is 1. The van der Waals surface area contributed by atoms with E-state index in [9.17, 15) is 15.2 Å². The van der Waals surface area contributed by atoms with Gasteiger partial charge in [-0.2, -0.15) is 5.26 Å². The Morgan fingerprint density at radius 1 is 0.753 bits per heavy atom. The lowest BCUT2D eigenvalue weighted by Gasteiger charge is -2.13. The minimum Gasteiger partial charge on any atom is -0.492 e. The molecule has 6 nitrogen and oxygen atoms in total. The summed E-state index contributed by atoms with van der Waals surface area (Å²) in [6, 6.07) is 30.7. The zero-order valence-electron chi connectivity index (χ0n) is 43.5. The third-order valence-corrected chi connectivity index (χ3v) is 19.9. The van der Waals surface area contributed by atoms with Gasteiger partial charge in [-0.15, -0.1) is 34.4 Å². The zero-order chi connectivity index (χ0) is 51.4. The van der Waals surface area contributed by atoms with Gasteiger partial charge in [0.15, 0.2) is 0 Å². The van der Waals surface area contributed by atoms with Gasteiger partial charge in [0.25, 0.3) is 0 Å². The average molecular weight is 1070 g/mol. The van der Waals surface area contributed by atoms with Gasteiger partial charge in [0.1, 0.15) is 17.4 Å². The number of aliphatic carboxylic acids is 1. The number of unbranched alkanes of at least 4 members (excludes halogenated alkanes) is 12. The Hall–Kier alpha value is -4.41. The molecule has 0 spiro atoms. The molecule has 1 aliphatic heterocycles. The summed E-state index contributed by atoms with van der Waals surface area (Å²) in [4.78, 5) is 22.3. The summed E-state index contributed by atoms with van der Waals surface area (Å²) in [5.41, 5.74) is 5.72. The molecule has 7 rings (SSSR count). The third kappa shape index (κ3) is 15.1. The Balaban J connectivity index is 1.27. The summed E-state index contributed by atoms with van der Waals surface area (Å²) in [6.45, 7) is 15.6. The van der Waals surface area contributed by atoms with Crippen molar-refractivity contribution in [2.45, 2.75) is 154 Å². The van der Waals surface area contributed by atoms with Crippen molar-refractivity contribution in [2.75, 3.05) is 19.8 Å². The number of carboxylic acids is 1. The smallest absolute Gasteiger partial charge is 0.346 e. The van der Waals surface area contributed by atoms with Gasteiger partial charge in [-0.1, -0.05) is 183 Å². The molecule has 0 radical (unpaired) electrons. The number of hydrogen-bond donors (Lipinski definition) is 1. The number of rotatable bonds is 31. The van der Waals surface area contributed by atoms with Crippen molar-refractivity contribution in [3.8, 4) is 17.5 Å². The highest BCUT2D eigenvalue weighted by atomic mass is 32.2. The molecular weight excluding hydrogens is 997 g/mol. The summed E-state index contributed by atoms with van der Waals surface area (Å²) in [6.07, 6.45) is 23.8. The Kier molecular flexibility index (Phi) is 22.9. The monoisotopic (exact) mass is 1070 g/mol. The first kappa shape index (κ1) is 56.3. The number of nitrogens with zero attached hydrogens (tertiary/aromatic N) is 2. The summed E-state index contributed by atoms with van der Waals surface area (Å²) >= 11 is 8.87. The van der Waals surface area contributed by atoms with E-state index in [2.05, 4.69) is 117 Å². The number of nitriles is 1. The Morgan fingerprint density at radius 3 is 2.00 bits per heavy atom. The number of carbonyl (C=O) groups is 1. The standard InChI is InChI=1S/C62H74N2O4S5/c1-6-10-14-18-28-50-56(40-46(42-63)62(65)66)72-58-44(5)70-61(55(71-59(50)58)31-19-15-11-7-2)57-41-53(68-38-25-17-13-9-4)60(73-57)54(36-39-67-37-24-16-12-8-3)69-43-45-32-34-47(35-33-45)64-51-29-22-20-26-48(51)49-27-21-23-30-52(49)64/h20-23,26-27,29-30,32-36,40-41H,5-19,24-25,28,31,37-39,43H2,1-4H3,(H,65,66)/b46-40+,54-36-. The van der Waals surface area contributed by atoms with Gasteiger partial charge in [0.2, 0.25) is 0 Å². The van der Waals surface area contributed by atoms with Crippen LogP contribution in [0.25, 0.3) is 48.3 Å².